The maximum absolute atomic E-state index is 13.1. The van der Waals surface area contributed by atoms with Crippen molar-refractivity contribution in [2.24, 2.45) is 10.4 Å². The van der Waals surface area contributed by atoms with E-state index < -0.39 is 0 Å². The quantitative estimate of drug-likeness (QED) is 0.307. The molecule has 8 nitrogen and oxygen atoms in total. The summed E-state index contributed by atoms with van der Waals surface area (Å²) in [4.78, 5) is 39.5. The molecular formula is C33H38BN7OS. The molecule has 0 aromatic carbocycles. The average molecular weight is 592 g/mol. The molecule has 3 aliphatic heterocycles. The predicted octanol–water partition coefficient (Wildman–Crippen LogP) is 5.19. The van der Waals surface area contributed by atoms with E-state index in [2.05, 4.69) is 62.4 Å². The average Bonchev–Trinajstić information content (AvgIpc) is 2.96. The van der Waals surface area contributed by atoms with Crippen molar-refractivity contribution in [2.75, 3.05) is 30.8 Å². The Hall–Kier alpha value is -3.66. The highest BCUT2D eigenvalue weighted by atomic mass is 32.2. The summed E-state index contributed by atoms with van der Waals surface area (Å²) in [5, 5.41) is 0.872. The summed E-state index contributed by atoms with van der Waals surface area (Å²) in [7, 11) is 6.79. The number of aliphatic imine (C=N–C) groups is 1. The molecule has 2 unspecified atom stereocenters. The first-order chi connectivity index (χ1) is 20.5. The van der Waals surface area contributed by atoms with Crippen LogP contribution in [0.1, 0.15) is 63.8 Å². The van der Waals surface area contributed by atoms with Crippen molar-refractivity contribution in [2.45, 2.75) is 64.9 Å². The first-order valence-corrected chi connectivity index (χ1v) is 16.1. The van der Waals surface area contributed by atoms with Gasteiger partial charge in [0.2, 0.25) is 5.91 Å². The Labute approximate surface area is 260 Å². The SMILES string of the molecule is [B]c1cc2c(nc1-c1cccnc1SC)N1C(=CC(C)c3nccc(C)c31)N=C2N1CCN(C(=O)CC(C)(C)C)CC1C. The van der Waals surface area contributed by atoms with Crippen LogP contribution in [0.5, 0.6) is 0 Å². The highest BCUT2D eigenvalue weighted by Gasteiger charge is 2.39. The van der Waals surface area contributed by atoms with Gasteiger partial charge in [-0.3, -0.25) is 14.7 Å². The van der Waals surface area contributed by atoms with Crippen LogP contribution in [-0.2, 0) is 4.79 Å². The molecule has 0 spiro atoms. The summed E-state index contributed by atoms with van der Waals surface area (Å²) in [5.74, 6) is 2.74. The second kappa shape index (κ2) is 11.1. The number of aromatic nitrogens is 3. The molecule has 0 N–H and O–H groups in total. The lowest BCUT2D eigenvalue weighted by Gasteiger charge is -2.45. The van der Waals surface area contributed by atoms with Crippen molar-refractivity contribution in [3.8, 4) is 11.3 Å². The minimum Gasteiger partial charge on any atom is -0.350 e. The summed E-state index contributed by atoms with van der Waals surface area (Å²) in [5.41, 5.74) is 6.12. The van der Waals surface area contributed by atoms with Gasteiger partial charge in [0.1, 0.15) is 24.5 Å². The van der Waals surface area contributed by atoms with Gasteiger partial charge in [-0.15, -0.1) is 11.8 Å². The molecule has 3 aromatic rings. The number of amides is 1. The van der Waals surface area contributed by atoms with Gasteiger partial charge in [-0.1, -0.05) is 39.2 Å². The van der Waals surface area contributed by atoms with Crippen molar-refractivity contribution in [1.82, 2.24) is 24.8 Å². The summed E-state index contributed by atoms with van der Waals surface area (Å²) in [6.07, 6.45) is 8.37. The number of fused-ring (bicyclic) bond motifs is 5. The van der Waals surface area contributed by atoms with Crippen LogP contribution in [-0.4, -0.2) is 76.3 Å². The number of piperazine rings is 1. The molecule has 1 amide bonds. The number of nitrogens with zero attached hydrogens (tertiary/aromatic N) is 7. The van der Waals surface area contributed by atoms with Crippen LogP contribution in [0.3, 0.4) is 0 Å². The Balaban J connectivity index is 1.48. The van der Waals surface area contributed by atoms with Gasteiger partial charge in [0.15, 0.2) is 5.82 Å². The normalized spacial score (nSPS) is 19.7. The Bertz CT molecular complexity index is 1660. The Morgan fingerprint density at radius 1 is 1.12 bits per heavy atom. The molecule has 0 bridgehead atoms. The summed E-state index contributed by atoms with van der Waals surface area (Å²) < 4.78 is 0. The van der Waals surface area contributed by atoms with Crippen molar-refractivity contribution in [3.63, 3.8) is 0 Å². The fraction of sp³-hybridized carbons (Fsp3) is 0.424. The van der Waals surface area contributed by atoms with E-state index in [-0.39, 0.29) is 23.3 Å². The minimum atomic E-state index is -0.0495. The number of allylic oxidation sites excluding steroid dienone is 1. The van der Waals surface area contributed by atoms with E-state index in [1.165, 1.54) is 0 Å². The number of thioether (sulfide) groups is 1. The van der Waals surface area contributed by atoms with Crippen LogP contribution in [0.2, 0.25) is 0 Å². The molecule has 10 heteroatoms. The van der Waals surface area contributed by atoms with Gasteiger partial charge in [0.25, 0.3) is 0 Å². The third kappa shape index (κ3) is 5.35. The number of rotatable bonds is 3. The molecule has 3 aliphatic rings. The number of hydrogen-bond donors (Lipinski definition) is 0. The highest BCUT2D eigenvalue weighted by Crippen LogP contribution is 2.46. The molecule has 2 radical (unpaired) electrons. The lowest BCUT2D eigenvalue weighted by molar-refractivity contribution is -0.135. The Morgan fingerprint density at radius 3 is 2.63 bits per heavy atom. The number of pyridine rings is 3. The largest absolute Gasteiger partial charge is 0.350 e. The van der Waals surface area contributed by atoms with Crippen LogP contribution >= 0.6 is 11.8 Å². The van der Waals surface area contributed by atoms with Gasteiger partial charge in [-0.05, 0) is 55.4 Å². The number of aryl methyl sites for hydroxylation is 1. The molecular weight excluding hydrogens is 553 g/mol. The standard InChI is InChI=1S/C33H38BN7OS/c1-19-10-12-35-27-20(2)15-25-37-30(40-14-13-39(18-21(40)3)26(42)17-33(4,5)6)23-16-24(34)28(38-31(23)41(25)29(19)27)22-9-8-11-36-32(22)43-7/h8-12,15-16,20-21H,13-14,17-18H2,1-7H3. The van der Waals surface area contributed by atoms with Gasteiger partial charge in [-0.2, -0.15) is 0 Å². The van der Waals surface area contributed by atoms with Crippen molar-refractivity contribution >= 4 is 48.3 Å². The first-order valence-electron chi connectivity index (χ1n) is 14.9. The van der Waals surface area contributed by atoms with E-state index in [1.54, 1.807) is 18.0 Å². The molecule has 6 rings (SSSR count). The van der Waals surface area contributed by atoms with E-state index in [0.29, 0.717) is 37.2 Å². The lowest BCUT2D eigenvalue weighted by Crippen LogP contribution is -2.56. The number of carbonyl (C=O) groups is 1. The van der Waals surface area contributed by atoms with E-state index >= 15 is 0 Å². The lowest BCUT2D eigenvalue weighted by atomic mass is 9.88. The second-order valence-electron chi connectivity index (χ2n) is 12.9. The third-order valence-corrected chi connectivity index (χ3v) is 9.01. The zero-order valence-corrected chi connectivity index (χ0v) is 26.9. The van der Waals surface area contributed by atoms with E-state index in [9.17, 15) is 4.79 Å². The summed E-state index contributed by atoms with van der Waals surface area (Å²) in [6, 6.07) is 8.05. The predicted molar refractivity (Wildman–Crippen MR) is 176 cm³/mol. The molecule has 0 aliphatic carbocycles. The zero-order valence-electron chi connectivity index (χ0n) is 26.0. The fourth-order valence-corrected chi connectivity index (χ4v) is 6.80. The number of anilines is 2. The second-order valence-corrected chi connectivity index (χ2v) is 13.7. The Kier molecular flexibility index (Phi) is 7.61. The van der Waals surface area contributed by atoms with Crippen molar-refractivity contribution in [3.05, 3.63) is 65.4 Å². The monoisotopic (exact) mass is 591 g/mol. The van der Waals surface area contributed by atoms with Gasteiger partial charge >= 0.3 is 0 Å². The molecule has 220 valence electrons. The maximum atomic E-state index is 13.1. The first kappa shape index (κ1) is 29.4. The number of amidine groups is 1. The Morgan fingerprint density at radius 2 is 1.91 bits per heavy atom. The van der Waals surface area contributed by atoms with E-state index in [1.807, 2.05) is 41.6 Å². The van der Waals surface area contributed by atoms with Gasteiger partial charge < -0.3 is 9.80 Å². The molecule has 2 atom stereocenters. The summed E-state index contributed by atoms with van der Waals surface area (Å²) >= 11 is 1.57. The molecule has 6 heterocycles. The van der Waals surface area contributed by atoms with Gasteiger partial charge in [0.05, 0.1) is 22.6 Å². The van der Waals surface area contributed by atoms with Gasteiger partial charge in [0, 0.05) is 56.0 Å². The minimum absolute atomic E-state index is 0.0495. The van der Waals surface area contributed by atoms with Crippen LogP contribution < -0.4 is 10.4 Å². The smallest absolute Gasteiger partial charge is 0.223 e. The molecule has 0 saturated carbocycles. The summed E-state index contributed by atoms with van der Waals surface area (Å²) in [6.45, 7) is 14.7. The zero-order chi connectivity index (χ0) is 30.6. The molecule has 43 heavy (non-hydrogen) atoms. The molecule has 3 aromatic heterocycles. The van der Waals surface area contributed by atoms with Crippen LogP contribution in [0.15, 0.2) is 58.6 Å². The number of hydrogen-bond acceptors (Lipinski definition) is 8. The molecule has 1 fully saturated rings. The third-order valence-electron chi connectivity index (χ3n) is 8.30. The van der Waals surface area contributed by atoms with Gasteiger partial charge in [-0.25, -0.2) is 15.0 Å². The highest BCUT2D eigenvalue weighted by molar-refractivity contribution is 7.98. The van der Waals surface area contributed by atoms with E-state index in [4.69, 9.17) is 22.8 Å². The number of carbonyl (C=O) groups excluding carboxylic acids is 1. The molecule has 1 saturated heterocycles. The van der Waals surface area contributed by atoms with Crippen molar-refractivity contribution < 1.29 is 4.79 Å². The van der Waals surface area contributed by atoms with Crippen molar-refractivity contribution in [1.29, 1.82) is 0 Å². The van der Waals surface area contributed by atoms with Crippen LogP contribution in [0.25, 0.3) is 11.3 Å². The van der Waals surface area contributed by atoms with Crippen LogP contribution in [0, 0.1) is 12.3 Å². The maximum Gasteiger partial charge on any atom is 0.223 e. The topological polar surface area (TPSA) is 77.8 Å². The fourth-order valence-electron chi connectivity index (χ4n) is 6.24. The van der Waals surface area contributed by atoms with Crippen LogP contribution in [0.4, 0.5) is 11.5 Å². The van der Waals surface area contributed by atoms with E-state index in [0.717, 1.165) is 50.6 Å².